The van der Waals surface area contributed by atoms with Gasteiger partial charge in [-0.25, -0.2) is 4.39 Å². The summed E-state index contributed by atoms with van der Waals surface area (Å²) >= 11 is 3.26. The van der Waals surface area contributed by atoms with E-state index in [2.05, 4.69) is 15.9 Å². The maximum Gasteiger partial charge on any atom is 0.150 e. The number of rotatable bonds is 2. The third kappa shape index (κ3) is 1.85. The molecule has 76 valence electrons. The summed E-state index contributed by atoms with van der Waals surface area (Å²) < 4.78 is 18.9. The number of furan rings is 1. The highest BCUT2D eigenvalue weighted by Gasteiger charge is 2.12. The number of halogens is 2. The van der Waals surface area contributed by atoms with Gasteiger partial charge in [-0.15, -0.1) is 0 Å². The summed E-state index contributed by atoms with van der Waals surface area (Å²) in [6.07, 6.45) is 2.14. The lowest BCUT2D eigenvalue weighted by atomic mass is 10.1. The van der Waals surface area contributed by atoms with Crippen molar-refractivity contribution in [2.75, 3.05) is 0 Å². The molecule has 1 heterocycles. The average molecular weight is 269 g/mol. The zero-order valence-electron chi connectivity index (χ0n) is 7.54. The van der Waals surface area contributed by atoms with Crippen molar-refractivity contribution < 1.29 is 13.6 Å². The van der Waals surface area contributed by atoms with Gasteiger partial charge in [0.15, 0.2) is 6.29 Å². The minimum Gasteiger partial charge on any atom is -0.463 e. The molecule has 0 bridgehead atoms. The van der Waals surface area contributed by atoms with Crippen LogP contribution in [0.3, 0.4) is 0 Å². The molecule has 0 spiro atoms. The van der Waals surface area contributed by atoms with Crippen molar-refractivity contribution in [3.8, 4) is 11.3 Å². The summed E-state index contributed by atoms with van der Waals surface area (Å²) in [5.41, 5.74) is 0.842. The van der Waals surface area contributed by atoms with E-state index in [-0.39, 0.29) is 0 Å². The molecule has 0 aliphatic heterocycles. The quantitative estimate of drug-likeness (QED) is 0.779. The fourth-order valence-corrected chi connectivity index (χ4v) is 1.73. The molecule has 15 heavy (non-hydrogen) atoms. The number of benzene rings is 1. The highest BCUT2D eigenvalue weighted by Crippen LogP contribution is 2.31. The van der Waals surface area contributed by atoms with Gasteiger partial charge in [0.2, 0.25) is 0 Å². The van der Waals surface area contributed by atoms with Gasteiger partial charge in [0.25, 0.3) is 0 Å². The Morgan fingerprint density at radius 3 is 2.73 bits per heavy atom. The van der Waals surface area contributed by atoms with Crippen LogP contribution >= 0.6 is 15.9 Å². The van der Waals surface area contributed by atoms with Crippen molar-refractivity contribution >= 4 is 22.2 Å². The largest absolute Gasteiger partial charge is 0.463 e. The molecule has 4 heteroatoms. The van der Waals surface area contributed by atoms with Gasteiger partial charge in [0.05, 0.1) is 10.7 Å². The molecule has 0 fully saturated rings. The number of hydrogen-bond donors (Lipinski definition) is 0. The molecule has 1 aromatic carbocycles. The molecule has 0 N–H and O–H groups in total. The van der Waals surface area contributed by atoms with Crippen LogP contribution in [0, 0.1) is 5.82 Å². The summed E-state index contributed by atoms with van der Waals surface area (Å²) in [4.78, 5) is 10.8. The second-order valence-electron chi connectivity index (χ2n) is 2.95. The summed E-state index contributed by atoms with van der Waals surface area (Å²) in [6.45, 7) is 0. The first-order chi connectivity index (χ1) is 7.22. The third-order valence-electron chi connectivity index (χ3n) is 2.00. The number of carbonyl (C=O) groups is 1. The van der Waals surface area contributed by atoms with Crippen molar-refractivity contribution in [2.24, 2.45) is 0 Å². The number of aldehydes is 1. The van der Waals surface area contributed by atoms with Crippen molar-refractivity contribution in [1.82, 2.24) is 0 Å². The van der Waals surface area contributed by atoms with E-state index in [1.165, 1.54) is 24.5 Å². The normalized spacial score (nSPS) is 10.3. The highest BCUT2D eigenvalue weighted by molar-refractivity contribution is 9.10. The fourth-order valence-electron chi connectivity index (χ4n) is 1.31. The summed E-state index contributed by atoms with van der Waals surface area (Å²) in [5, 5.41) is 0. The van der Waals surface area contributed by atoms with Crippen molar-refractivity contribution in [3.05, 3.63) is 46.4 Å². The van der Waals surface area contributed by atoms with E-state index in [1.807, 2.05) is 0 Å². The molecular weight excluding hydrogens is 263 g/mol. The Morgan fingerprint density at radius 1 is 1.33 bits per heavy atom. The lowest BCUT2D eigenvalue weighted by Gasteiger charge is -2.02. The van der Waals surface area contributed by atoms with Crippen molar-refractivity contribution in [3.63, 3.8) is 0 Å². The summed E-state index contributed by atoms with van der Waals surface area (Å²) in [6, 6.07) is 5.62. The zero-order chi connectivity index (χ0) is 10.8. The highest BCUT2D eigenvalue weighted by atomic mass is 79.9. The molecule has 0 aliphatic rings. The summed E-state index contributed by atoms with van der Waals surface area (Å²) in [7, 11) is 0. The molecule has 0 saturated carbocycles. The Morgan fingerprint density at radius 2 is 2.13 bits per heavy atom. The standard InChI is InChI=1S/C11H6BrFO2/c12-10-3-4-15-11(10)9-5-8(13)2-1-7(9)6-14/h1-6H. The van der Waals surface area contributed by atoms with Gasteiger partial charge in [-0.05, 0) is 40.2 Å². The lowest BCUT2D eigenvalue weighted by molar-refractivity contribution is 0.112. The molecule has 1 aromatic heterocycles. The van der Waals surface area contributed by atoms with Crippen LogP contribution < -0.4 is 0 Å². The lowest BCUT2D eigenvalue weighted by Crippen LogP contribution is -1.88. The Bertz CT molecular complexity index is 505. The van der Waals surface area contributed by atoms with Crippen LogP contribution in [0.15, 0.2) is 39.4 Å². The fraction of sp³-hybridized carbons (Fsp3) is 0. The second kappa shape index (κ2) is 3.98. The maximum absolute atomic E-state index is 13.0. The Labute approximate surface area is 93.8 Å². The molecule has 0 unspecified atom stereocenters. The molecule has 2 aromatic rings. The van der Waals surface area contributed by atoms with E-state index in [0.29, 0.717) is 27.6 Å². The topological polar surface area (TPSA) is 30.2 Å². The van der Waals surface area contributed by atoms with Crippen molar-refractivity contribution in [2.45, 2.75) is 0 Å². The molecule has 0 aliphatic carbocycles. The first-order valence-corrected chi connectivity index (χ1v) is 5.00. The van der Waals surface area contributed by atoms with E-state index in [1.54, 1.807) is 6.07 Å². The number of carbonyl (C=O) groups excluding carboxylic acids is 1. The molecule has 2 rings (SSSR count). The Balaban J connectivity index is 2.65. The van der Waals surface area contributed by atoms with E-state index in [4.69, 9.17) is 4.42 Å². The van der Waals surface area contributed by atoms with Gasteiger partial charge in [0.1, 0.15) is 11.6 Å². The van der Waals surface area contributed by atoms with Gasteiger partial charge in [0, 0.05) is 11.1 Å². The van der Waals surface area contributed by atoms with Gasteiger partial charge in [-0.3, -0.25) is 4.79 Å². The van der Waals surface area contributed by atoms with Gasteiger partial charge < -0.3 is 4.42 Å². The van der Waals surface area contributed by atoms with E-state index in [9.17, 15) is 9.18 Å². The summed E-state index contributed by atoms with van der Waals surface area (Å²) in [5.74, 6) is 0.0514. The zero-order valence-corrected chi connectivity index (χ0v) is 9.12. The van der Waals surface area contributed by atoms with Crippen LogP contribution in [-0.4, -0.2) is 6.29 Å². The van der Waals surface area contributed by atoms with Crippen LogP contribution in [0.1, 0.15) is 10.4 Å². The van der Waals surface area contributed by atoms with Gasteiger partial charge in [-0.1, -0.05) is 0 Å². The van der Waals surface area contributed by atoms with Crippen molar-refractivity contribution in [1.29, 1.82) is 0 Å². The van der Waals surface area contributed by atoms with Crippen LogP contribution in [0.4, 0.5) is 4.39 Å². The predicted octanol–water partition coefficient (Wildman–Crippen LogP) is 3.66. The van der Waals surface area contributed by atoms with Crippen LogP contribution in [-0.2, 0) is 0 Å². The Hall–Kier alpha value is -1.42. The molecule has 2 nitrogen and oxygen atoms in total. The Kier molecular flexibility index (Phi) is 2.68. The third-order valence-corrected chi connectivity index (χ3v) is 2.63. The monoisotopic (exact) mass is 268 g/mol. The average Bonchev–Trinajstić information content (AvgIpc) is 2.64. The van der Waals surface area contributed by atoms with Gasteiger partial charge >= 0.3 is 0 Å². The first kappa shape index (κ1) is 10.1. The predicted molar refractivity (Wildman–Crippen MR) is 57.2 cm³/mol. The molecular formula is C11H6BrFO2. The minimum atomic E-state index is -0.404. The van der Waals surface area contributed by atoms with E-state index < -0.39 is 5.82 Å². The van der Waals surface area contributed by atoms with Gasteiger partial charge in [-0.2, -0.15) is 0 Å². The van der Waals surface area contributed by atoms with Crippen LogP contribution in [0.5, 0.6) is 0 Å². The molecule has 0 atom stereocenters. The van der Waals surface area contributed by atoms with E-state index >= 15 is 0 Å². The maximum atomic E-state index is 13.0. The SMILES string of the molecule is O=Cc1ccc(F)cc1-c1occc1Br. The van der Waals surface area contributed by atoms with Crippen LogP contribution in [0.25, 0.3) is 11.3 Å². The smallest absolute Gasteiger partial charge is 0.150 e. The second-order valence-corrected chi connectivity index (χ2v) is 3.80. The minimum absolute atomic E-state index is 0.395. The van der Waals surface area contributed by atoms with Crippen LogP contribution in [0.2, 0.25) is 0 Å². The molecule has 0 radical (unpaired) electrons. The number of hydrogen-bond acceptors (Lipinski definition) is 2. The van der Waals surface area contributed by atoms with E-state index in [0.717, 1.165) is 0 Å². The molecule has 0 saturated heterocycles. The molecule has 0 amide bonds. The first-order valence-electron chi connectivity index (χ1n) is 4.20.